The smallest absolute Gasteiger partial charge is 0.332 e. The number of hydrogen-bond donors (Lipinski definition) is 3. The Morgan fingerprint density at radius 3 is 2.65 bits per heavy atom. The largest absolute Gasteiger partial charge is 0.479 e. The van der Waals surface area contributed by atoms with Crippen LogP contribution in [0.25, 0.3) is 0 Å². The van der Waals surface area contributed by atoms with Crippen LogP contribution < -0.4 is 5.32 Å². The lowest BCUT2D eigenvalue weighted by atomic mass is 10.2. The van der Waals surface area contributed by atoms with Crippen molar-refractivity contribution in [1.29, 1.82) is 0 Å². The van der Waals surface area contributed by atoms with E-state index in [2.05, 4.69) is 5.32 Å². The Morgan fingerprint density at radius 1 is 1.45 bits per heavy atom. The van der Waals surface area contributed by atoms with Crippen molar-refractivity contribution in [2.24, 2.45) is 0 Å². The molecule has 0 aromatic carbocycles. The number of hydrogen-bond acceptors (Lipinski definition) is 4. The van der Waals surface area contributed by atoms with E-state index in [1.165, 1.54) is 0 Å². The van der Waals surface area contributed by atoms with Crippen molar-refractivity contribution >= 4 is 23.3 Å². The second kappa shape index (κ2) is 7.86. The number of carboxylic acid groups (broad SMARTS) is 1. The van der Waals surface area contributed by atoms with Gasteiger partial charge < -0.3 is 20.4 Å². The summed E-state index contributed by atoms with van der Waals surface area (Å²) < 4.78 is 0. The van der Waals surface area contributed by atoms with E-state index in [1.54, 1.807) is 16.2 Å². The predicted molar refractivity (Wildman–Crippen MR) is 76.7 cm³/mol. The second-order valence-corrected chi connectivity index (χ2v) is 5.71. The van der Waals surface area contributed by atoms with Crippen LogP contribution >= 0.6 is 11.3 Å². The molecule has 0 saturated carbocycles. The third-order valence-electron chi connectivity index (χ3n) is 2.77. The normalized spacial score (nSPS) is 12.2. The fraction of sp³-hybridized carbons (Fsp3) is 0.538. The van der Waals surface area contributed by atoms with Gasteiger partial charge in [0.15, 0.2) is 6.10 Å². The molecule has 0 radical (unpaired) electrons. The highest BCUT2D eigenvalue weighted by molar-refractivity contribution is 7.09. The molecule has 0 saturated heterocycles. The number of carboxylic acids is 1. The van der Waals surface area contributed by atoms with Crippen molar-refractivity contribution in [3.05, 3.63) is 22.4 Å². The SMILES string of the molecule is CC(C)N(Cc1cccs1)C(=O)NCCC(O)C(=O)O. The van der Waals surface area contributed by atoms with Crippen LogP contribution in [0.3, 0.4) is 0 Å². The second-order valence-electron chi connectivity index (χ2n) is 4.68. The molecule has 20 heavy (non-hydrogen) atoms. The molecule has 1 heterocycles. The van der Waals surface area contributed by atoms with Crippen LogP contribution in [0.2, 0.25) is 0 Å². The Kier molecular flexibility index (Phi) is 6.47. The molecule has 1 rings (SSSR count). The maximum atomic E-state index is 12.1. The first kappa shape index (κ1) is 16.5. The molecule has 0 aliphatic heterocycles. The van der Waals surface area contributed by atoms with Gasteiger partial charge in [0, 0.05) is 23.9 Å². The molecule has 0 fully saturated rings. The number of urea groups is 1. The van der Waals surface area contributed by atoms with Gasteiger partial charge in [-0.15, -0.1) is 11.3 Å². The third-order valence-corrected chi connectivity index (χ3v) is 3.63. The van der Waals surface area contributed by atoms with Gasteiger partial charge in [0.05, 0.1) is 6.54 Å². The minimum atomic E-state index is -1.44. The molecule has 6 nitrogen and oxygen atoms in total. The summed E-state index contributed by atoms with van der Waals surface area (Å²) in [5, 5.41) is 22.3. The van der Waals surface area contributed by atoms with Crippen molar-refractivity contribution in [3.63, 3.8) is 0 Å². The summed E-state index contributed by atoms with van der Waals surface area (Å²) in [6.07, 6.45) is -1.45. The summed E-state index contributed by atoms with van der Waals surface area (Å²) in [7, 11) is 0. The van der Waals surface area contributed by atoms with Gasteiger partial charge in [-0.1, -0.05) is 6.07 Å². The Morgan fingerprint density at radius 2 is 2.15 bits per heavy atom. The first-order chi connectivity index (χ1) is 9.41. The van der Waals surface area contributed by atoms with Crippen molar-refractivity contribution in [2.45, 2.75) is 39.0 Å². The van der Waals surface area contributed by atoms with E-state index >= 15 is 0 Å². The Balaban J connectivity index is 2.46. The van der Waals surface area contributed by atoms with Gasteiger partial charge in [0.1, 0.15) is 0 Å². The summed E-state index contributed by atoms with van der Waals surface area (Å²) in [5.74, 6) is -1.28. The van der Waals surface area contributed by atoms with E-state index in [1.807, 2.05) is 31.4 Å². The number of rotatable bonds is 7. The van der Waals surface area contributed by atoms with Gasteiger partial charge in [-0.2, -0.15) is 0 Å². The lowest BCUT2D eigenvalue weighted by molar-refractivity contribution is -0.146. The van der Waals surface area contributed by atoms with Gasteiger partial charge in [-0.25, -0.2) is 9.59 Å². The lowest BCUT2D eigenvalue weighted by Gasteiger charge is -2.26. The van der Waals surface area contributed by atoms with Gasteiger partial charge in [-0.05, 0) is 25.3 Å². The van der Waals surface area contributed by atoms with E-state index in [4.69, 9.17) is 10.2 Å². The quantitative estimate of drug-likeness (QED) is 0.712. The monoisotopic (exact) mass is 300 g/mol. The Hall–Kier alpha value is -1.60. The first-order valence-corrected chi connectivity index (χ1v) is 7.27. The molecule has 1 aromatic rings. The zero-order chi connectivity index (χ0) is 15.1. The highest BCUT2D eigenvalue weighted by Gasteiger charge is 2.18. The number of thiophene rings is 1. The van der Waals surface area contributed by atoms with Crippen LogP contribution in [0.15, 0.2) is 17.5 Å². The molecule has 1 unspecified atom stereocenters. The van der Waals surface area contributed by atoms with Gasteiger partial charge >= 0.3 is 12.0 Å². The van der Waals surface area contributed by atoms with Crippen molar-refractivity contribution < 1.29 is 19.8 Å². The van der Waals surface area contributed by atoms with Crippen LogP contribution in [-0.2, 0) is 11.3 Å². The fourth-order valence-electron chi connectivity index (χ4n) is 1.60. The minimum absolute atomic E-state index is 0.00793. The molecule has 112 valence electrons. The zero-order valence-electron chi connectivity index (χ0n) is 11.6. The number of aliphatic hydroxyl groups is 1. The molecule has 2 amide bonds. The summed E-state index contributed by atoms with van der Waals surface area (Å²) in [5.41, 5.74) is 0. The molecule has 7 heteroatoms. The van der Waals surface area contributed by atoms with Crippen molar-refractivity contribution in [1.82, 2.24) is 10.2 Å². The molecule has 0 aliphatic rings. The predicted octanol–water partition coefficient (Wildman–Crippen LogP) is 1.50. The average Bonchev–Trinajstić information content (AvgIpc) is 2.87. The number of nitrogens with zero attached hydrogens (tertiary/aromatic N) is 1. The highest BCUT2D eigenvalue weighted by atomic mass is 32.1. The lowest BCUT2D eigenvalue weighted by Crippen LogP contribution is -2.44. The van der Waals surface area contributed by atoms with E-state index in [0.29, 0.717) is 6.54 Å². The van der Waals surface area contributed by atoms with Gasteiger partial charge in [0.25, 0.3) is 0 Å². The van der Waals surface area contributed by atoms with Crippen molar-refractivity contribution in [2.75, 3.05) is 6.54 Å². The van der Waals surface area contributed by atoms with E-state index in [-0.39, 0.29) is 25.0 Å². The molecule has 0 spiro atoms. The summed E-state index contributed by atoms with van der Waals surface area (Å²) in [6.45, 7) is 4.47. The maximum Gasteiger partial charge on any atom is 0.332 e. The average molecular weight is 300 g/mol. The Labute approximate surface area is 122 Å². The van der Waals surface area contributed by atoms with Gasteiger partial charge in [0.2, 0.25) is 0 Å². The number of amides is 2. The molecule has 1 atom stereocenters. The van der Waals surface area contributed by atoms with Crippen LogP contribution in [-0.4, -0.2) is 45.8 Å². The molecule has 1 aromatic heterocycles. The van der Waals surface area contributed by atoms with Gasteiger partial charge in [-0.3, -0.25) is 0 Å². The summed E-state index contributed by atoms with van der Waals surface area (Å²) in [6, 6.07) is 3.66. The minimum Gasteiger partial charge on any atom is -0.479 e. The third kappa shape index (κ3) is 5.18. The summed E-state index contributed by atoms with van der Waals surface area (Å²) in [4.78, 5) is 25.3. The van der Waals surface area contributed by atoms with E-state index in [9.17, 15) is 9.59 Å². The fourth-order valence-corrected chi connectivity index (χ4v) is 2.30. The van der Waals surface area contributed by atoms with E-state index < -0.39 is 12.1 Å². The number of aliphatic carboxylic acids is 1. The molecular formula is C13H20N2O4S. The maximum absolute atomic E-state index is 12.1. The summed E-state index contributed by atoms with van der Waals surface area (Å²) >= 11 is 1.58. The van der Waals surface area contributed by atoms with Crippen molar-refractivity contribution in [3.8, 4) is 0 Å². The van der Waals surface area contributed by atoms with Crippen LogP contribution in [0.4, 0.5) is 4.79 Å². The molecule has 0 aliphatic carbocycles. The van der Waals surface area contributed by atoms with Crippen LogP contribution in [0.5, 0.6) is 0 Å². The highest BCUT2D eigenvalue weighted by Crippen LogP contribution is 2.14. The molecule has 0 bridgehead atoms. The zero-order valence-corrected chi connectivity index (χ0v) is 12.4. The number of carbonyl (C=O) groups excluding carboxylic acids is 1. The molecule has 3 N–H and O–H groups in total. The molecular weight excluding hydrogens is 280 g/mol. The topological polar surface area (TPSA) is 89.9 Å². The standard InChI is InChI=1S/C13H20N2O4S/c1-9(2)15(8-10-4-3-7-20-10)13(19)14-6-5-11(16)12(17)18/h3-4,7,9,11,16H,5-6,8H2,1-2H3,(H,14,19)(H,17,18). The number of nitrogens with one attached hydrogen (secondary N) is 1. The van der Waals surface area contributed by atoms with Crippen LogP contribution in [0.1, 0.15) is 25.1 Å². The van der Waals surface area contributed by atoms with E-state index in [0.717, 1.165) is 4.88 Å². The number of carbonyl (C=O) groups is 2. The number of aliphatic hydroxyl groups excluding tert-OH is 1. The first-order valence-electron chi connectivity index (χ1n) is 6.39. The Bertz CT molecular complexity index is 434. The van der Waals surface area contributed by atoms with Crippen LogP contribution in [0, 0.1) is 0 Å².